The highest BCUT2D eigenvalue weighted by atomic mass is 16.5. The predicted molar refractivity (Wildman–Crippen MR) is 91.9 cm³/mol. The van der Waals surface area contributed by atoms with Gasteiger partial charge in [0.15, 0.2) is 11.4 Å². The van der Waals surface area contributed by atoms with Crippen LogP contribution in [0.4, 0.5) is 0 Å². The fourth-order valence-corrected chi connectivity index (χ4v) is 2.75. The minimum atomic E-state index is -0.994. The molecular weight excluding hydrogens is 360 g/mol. The van der Waals surface area contributed by atoms with Crippen molar-refractivity contribution < 1.29 is 24.2 Å². The van der Waals surface area contributed by atoms with Crippen molar-refractivity contribution in [2.75, 3.05) is 39.0 Å². The molecule has 3 heterocycles. The van der Waals surface area contributed by atoms with Crippen molar-refractivity contribution in [1.82, 2.24) is 20.3 Å². The molecule has 0 saturated carbocycles. The molecule has 2 aliphatic rings. The molecule has 0 radical (unpaired) electrons. The molecule has 0 bridgehead atoms. The Kier molecular flexibility index (Phi) is 4.81. The maximum Gasteiger partial charge on any atom is 0.277 e. The summed E-state index contributed by atoms with van der Waals surface area (Å²) < 4.78 is 6.20. The summed E-state index contributed by atoms with van der Waals surface area (Å²) in [6.07, 6.45) is 1.04. The third kappa shape index (κ3) is 3.33. The van der Waals surface area contributed by atoms with Crippen molar-refractivity contribution in [1.29, 1.82) is 0 Å². The van der Waals surface area contributed by atoms with Gasteiger partial charge in [-0.2, -0.15) is 5.10 Å². The highest BCUT2D eigenvalue weighted by Gasteiger charge is 2.33. The van der Waals surface area contributed by atoms with E-state index in [0.29, 0.717) is 6.61 Å². The van der Waals surface area contributed by atoms with E-state index in [1.54, 1.807) is 12.1 Å². The number of nitrogens with one attached hydrogen (secondary N) is 2. The Labute approximate surface area is 153 Å². The number of hydrogen-bond acceptors (Lipinski definition) is 8. The minimum Gasteiger partial charge on any atom is -0.502 e. The summed E-state index contributed by atoms with van der Waals surface area (Å²) in [6, 6.07) is 0. The summed E-state index contributed by atoms with van der Waals surface area (Å²) in [5.41, 5.74) is 0.551. The first-order valence-corrected chi connectivity index (χ1v) is 7.98. The van der Waals surface area contributed by atoms with Crippen LogP contribution in [0.5, 0.6) is 5.75 Å². The molecular formula is C15H18N6O6. The molecule has 0 atom stereocenters. The summed E-state index contributed by atoms with van der Waals surface area (Å²) in [6.45, 7) is 0.736. The molecule has 0 saturated heterocycles. The summed E-state index contributed by atoms with van der Waals surface area (Å²) in [5, 5.41) is 17.8. The Bertz CT molecular complexity index is 907. The van der Waals surface area contributed by atoms with Crippen LogP contribution < -0.4 is 21.2 Å². The highest BCUT2D eigenvalue weighted by Crippen LogP contribution is 2.20. The molecule has 3 amide bonds. The van der Waals surface area contributed by atoms with Gasteiger partial charge in [0.1, 0.15) is 18.1 Å². The zero-order valence-corrected chi connectivity index (χ0v) is 14.7. The number of aromatic hydroxyl groups is 1. The maximum absolute atomic E-state index is 12.6. The summed E-state index contributed by atoms with van der Waals surface area (Å²) in [4.78, 5) is 49.9. The second kappa shape index (κ2) is 7.07. The monoisotopic (exact) mass is 378 g/mol. The molecule has 0 aliphatic carbocycles. The van der Waals surface area contributed by atoms with E-state index in [1.165, 1.54) is 22.9 Å². The van der Waals surface area contributed by atoms with Crippen molar-refractivity contribution in [2.24, 2.45) is 5.10 Å². The van der Waals surface area contributed by atoms with Crippen molar-refractivity contribution in [3.63, 3.8) is 0 Å². The third-order valence-corrected chi connectivity index (χ3v) is 4.11. The van der Waals surface area contributed by atoms with Crippen molar-refractivity contribution in [3.05, 3.63) is 27.7 Å². The van der Waals surface area contributed by atoms with Gasteiger partial charge in [-0.1, -0.05) is 0 Å². The van der Waals surface area contributed by atoms with Gasteiger partial charge in [0.25, 0.3) is 11.8 Å². The van der Waals surface area contributed by atoms with Crippen LogP contribution in [0.25, 0.3) is 0 Å². The summed E-state index contributed by atoms with van der Waals surface area (Å²) >= 11 is 0. The first kappa shape index (κ1) is 18.4. The number of amidine groups is 1. The fourth-order valence-electron chi connectivity index (χ4n) is 2.75. The predicted octanol–water partition coefficient (Wildman–Crippen LogP) is -2.26. The SMILES string of the molecule is COCCN1CN(C)n2cc(C(=O)NC3=NNC(=O)C3)c(=O)c(O)c2C1=O. The Morgan fingerprint density at radius 1 is 1.41 bits per heavy atom. The zero-order chi connectivity index (χ0) is 19.7. The van der Waals surface area contributed by atoms with Gasteiger partial charge in [0.05, 0.1) is 13.0 Å². The number of rotatable bonds is 4. The topological polar surface area (TPSA) is 146 Å². The molecule has 0 unspecified atom stereocenters. The lowest BCUT2D eigenvalue weighted by Gasteiger charge is -2.37. The molecule has 3 rings (SSSR count). The molecule has 12 heteroatoms. The van der Waals surface area contributed by atoms with Crippen molar-refractivity contribution in [2.45, 2.75) is 6.42 Å². The lowest BCUT2D eigenvalue weighted by atomic mass is 10.1. The van der Waals surface area contributed by atoms with Crippen LogP contribution in [0, 0.1) is 0 Å². The Balaban J connectivity index is 1.94. The van der Waals surface area contributed by atoms with Gasteiger partial charge in [-0.3, -0.25) is 28.9 Å². The number of hydrogen-bond donors (Lipinski definition) is 3. The lowest BCUT2D eigenvalue weighted by molar-refractivity contribution is -0.119. The molecule has 27 heavy (non-hydrogen) atoms. The number of carbonyl (C=O) groups is 3. The van der Waals surface area contributed by atoms with Crippen LogP contribution in [0.2, 0.25) is 0 Å². The van der Waals surface area contributed by atoms with Crippen molar-refractivity contribution in [3.8, 4) is 5.75 Å². The number of aromatic nitrogens is 1. The largest absolute Gasteiger partial charge is 0.502 e. The van der Waals surface area contributed by atoms with E-state index < -0.39 is 28.9 Å². The lowest BCUT2D eigenvalue weighted by Crippen LogP contribution is -2.53. The van der Waals surface area contributed by atoms with E-state index in [0.717, 1.165) is 0 Å². The molecule has 2 aliphatic heterocycles. The fraction of sp³-hybridized carbons (Fsp3) is 0.400. The highest BCUT2D eigenvalue weighted by molar-refractivity contribution is 6.13. The van der Waals surface area contributed by atoms with Gasteiger partial charge in [-0.15, -0.1) is 0 Å². The van der Waals surface area contributed by atoms with Crippen LogP contribution in [-0.2, 0) is 9.53 Å². The van der Waals surface area contributed by atoms with E-state index in [9.17, 15) is 24.3 Å². The quantitative estimate of drug-likeness (QED) is 0.536. The van der Waals surface area contributed by atoms with E-state index in [-0.39, 0.29) is 36.7 Å². The van der Waals surface area contributed by atoms with Gasteiger partial charge < -0.3 is 20.1 Å². The smallest absolute Gasteiger partial charge is 0.277 e. The van der Waals surface area contributed by atoms with E-state index in [1.807, 2.05) is 0 Å². The number of methoxy groups -OCH3 is 1. The number of nitrogens with zero attached hydrogens (tertiary/aromatic N) is 4. The van der Waals surface area contributed by atoms with E-state index in [2.05, 4.69) is 15.8 Å². The molecule has 3 N–H and O–H groups in total. The standard InChI is InChI=1S/C15H18N6O6/c1-19-7-20(3-4-27-2)15(26)11-13(24)12(23)8(6-21(11)19)14(25)16-9-5-10(22)18-17-9/h6,24H,3-5,7H2,1-2H3,(H,18,22)(H,16,17,25). The van der Waals surface area contributed by atoms with Gasteiger partial charge >= 0.3 is 0 Å². The number of hydrazone groups is 1. The number of carbonyl (C=O) groups excluding carboxylic acids is 3. The number of ether oxygens (including phenoxy) is 1. The van der Waals surface area contributed by atoms with Crippen LogP contribution in [0.15, 0.2) is 16.1 Å². The summed E-state index contributed by atoms with van der Waals surface area (Å²) in [5.74, 6) is -2.56. The minimum absolute atomic E-state index is 0.0572. The van der Waals surface area contributed by atoms with Crippen LogP contribution in [0.1, 0.15) is 27.3 Å². The zero-order valence-electron chi connectivity index (χ0n) is 14.7. The third-order valence-electron chi connectivity index (χ3n) is 4.11. The van der Waals surface area contributed by atoms with E-state index in [4.69, 9.17) is 4.74 Å². The first-order valence-electron chi connectivity index (χ1n) is 7.98. The maximum atomic E-state index is 12.6. The van der Waals surface area contributed by atoms with Gasteiger partial charge in [-0.25, -0.2) is 5.43 Å². The Morgan fingerprint density at radius 2 is 2.15 bits per heavy atom. The second-order valence-corrected chi connectivity index (χ2v) is 6.00. The molecule has 0 aromatic carbocycles. The molecule has 1 aromatic heterocycles. The Morgan fingerprint density at radius 3 is 2.78 bits per heavy atom. The average Bonchev–Trinajstić information content (AvgIpc) is 3.03. The number of fused-ring (bicyclic) bond motifs is 1. The molecule has 0 fully saturated rings. The molecule has 0 spiro atoms. The second-order valence-electron chi connectivity index (χ2n) is 6.00. The normalized spacial score (nSPS) is 16.1. The van der Waals surface area contributed by atoms with Gasteiger partial charge in [0.2, 0.25) is 11.3 Å². The van der Waals surface area contributed by atoms with E-state index >= 15 is 0 Å². The summed E-state index contributed by atoms with van der Waals surface area (Å²) in [7, 11) is 3.13. The van der Waals surface area contributed by atoms with Gasteiger partial charge in [0, 0.05) is 26.9 Å². The molecule has 144 valence electrons. The van der Waals surface area contributed by atoms with Crippen LogP contribution in [0.3, 0.4) is 0 Å². The number of pyridine rings is 1. The Hall–Kier alpha value is -3.41. The molecule has 12 nitrogen and oxygen atoms in total. The van der Waals surface area contributed by atoms with Crippen LogP contribution >= 0.6 is 0 Å². The molecule has 1 aromatic rings. The van der Waals surface area contributed by atoms with Crippen molar-refractivity contribution >= 4 is 23.6 Å². The first-order chi connectivity index (χ1) is 12.8. The van der Waals surface area contributed by atoms with Gasteiger partial charge in [-0.05, 0) is 0 Å². The average molecular weight is 378 g/mol. The number of amides is 3. The van der Waals surface area contributed by atoms with Crippen LogP contribution in [-0.4, -0.2) is 72.2 Å².